The molecule has 0 saturated heterocycles. The largest absolute Gasteiger partial charge is 0.495 e. The molecule has 128 valence electrons. The molecule has 0 spiro atoms. The minimum absolute atomic E-state index is 0.197. The molecule has 2 rings (SSSR count). The van der Waals surface area contributed by atoms with Crippen LogP contribution in [0.3, 0.4) is 0 Å². The Kier molecular flexibility index (Phi) is 6.14. The first kappa shape index (κ1) is 17.7. The molecule has 0 radical (unpaired) electrons. The van der Waals surface area contributed by atoms with Crippen molar-refractivity contribution < 1.29 is 9.53 Å². The van der Waals surface area contributed by atoms with E-state index in [9.17, 15) is 4.79 Å². The fourth-order valence-electron chi connectivity index (χ4n) is 2.19. The van der Waals surface area contributed by atoms with E-state index in [0.29, 0.717) is 22.8 Å². The van der Waals surface area contributed by atoms with E-state index >= 15 is 0 Å². The molecule has 0 aliphatic rings. The summed E-state index contributed by atoms with van der Waals surface area (Å²) in [5.74, 6) is 1.12. The Balaban J connectivity index is 2.08. The van der Waals surface area contributed by atoms with Crippen molar-refractivity contribution in [3.8, 4) is 5.75 Å². The van der Waals surface area contributed by atoms with Crippen molar-refractivity contribution in [2.24, 2.45) is 0 Å². The van der Waals surface area contributed by atoms with Crippen molar-refractivity contribution in [3.63, 3.8) is 0 Å². The van der Waals surface area contributed by atoms with Crippen LogP contribution in [0, 0.1) is 6.92 Å². The van der Waals surface area contributed by atoms with Crippen LogP contribution < -0.4 is 15.4 Å². The highest BCUT2D eigenvalue weighted by atomic mass is 16.5. The lowest BCUT2D eigenvalue weighted by atomic mass is 10.2. The van der Waals surface area contributed by atoms with Crippen molar-refractivity contribution in [1.29, 1.82) is 0 Å². The topological polar surface area (TPSA) is 66.5 Å². The van der Waals surface area contributed by atoms with Gasteiger partial charge in [0.2, 0.25) is 0 Å². The highest BCUT2D eigenvalue weighted by molar-refractivity contribution is 6.05. The molecular formula is C18H24N4O2. The predicted molar refractivity (Wildman–Crippen MR) is 97.0 cm³/mol. The van der Waals surface area contributed by atoms with Gasteiger partial charge in [-0.1, -0.05) is 6.07 Å². The molecule has 1 aromatic carbocycles. The van der Waals surface area contributed by atoms with Gasteiger partial charge in [0.15, 0.2) is 0 Å². The summed E-state index contributed by atoms with van der Waals surface area (Å²) >= 11 is 0. The number of aromatic nitrogens is 1. The molecule has 0 saturated carbocycles. The third kappa shape index (κ3) is 4.96. The first-order chi connectivity index (χ1) is 11.5. The van der Waals surface area contributed by atoms with Gasteiger partial charge in [-0.2, -0.15) is 0 Å². The molecule has 0 bridgehead atoms. The Morgan fingerprint density at radius 2 is 2.04 bits per heavy atom. The fraction of sp³-hybridized carbons (Fsp3) is 0.333. The molecule has 24 heavy (non-hydrogen) atoms. The molecule has 1 heterocycles. The normalized spacial score (nSPS) is 10.5. The molecule has 0 unspecified atom stereocenters. The van der Waals surface area contributed by atoms with Gasteiger partial charge in [0, 0.05) is 24.8 Å². The van der Waals surface area contributed by atoms with E-state index in [1.165, 1.54) is 0 Å². The van der Waals surface area contributed by atoms with E-state index in [-0.39, 0.29) is 5.91 Å². The number of nitrogens with one attached hydrogen (secondary N) is 2. The van der Waals surface area contributed by atoms with Crippen LogP contribution in [0.1, 0.15) is 15.9 Å². The van der Waals surface area contributed by atoms with Crippen LogP contribution in [-0.2, 0) is 0 Å². The summed E-state index contributed by atoms with van der Waals surface area (Å²) in [6.45, 7) is 3.61. The number of carbonyl (C=O) groups excluding carboxylic acids is 1. The average molecular weight is 328 g/mol. The van der Waals surface area contributed by atoms with Crippen LogP contribution in [0.25, 0.3) is 0 Å². The van der Waals surface area contributed by atoms with E-state index < -0.39 is 0 Å². The van der Waals surface area contributed by atoms with Gasteiger partial charge in [-0.05, 0) is 50.8 Å². The van der Waals surface area contributed by atoms with Gasteiger partial charge in [-0.25, -0.2) is 4.98 Å². The number of aryl methyl sites for hydroxylation is 1. The summed E-state index contributed by atoms with van der Waals surface area (Å²) in [4.78, 5) is 18.8. The van der Waals surface area contributed by atoms with Crippen molar-refractivity contribution >= 4 is 17.4 Å². The number of carbonyl (C=O) groups is 1. The Labute approximate surface area is 142 Å². The van der Waals surface area contributed by atoms with Crippen LogP contribution in [0.15, 0.2) is 36.5 Å². The molecule has 0 aliphatic heterocycles. The number of rotatable bonds is 7. The summed E-state index contributed by atoms with van der Waals surface area (Å²) in [5.41, 5.74) is 2.24. The Morgan fingerprint density at radius 3 is 2.75 bits per heavy atom. The van der Waals surface area contributed by atoms with Crippen molar-refractivity contribution in [3.05, 3.63) is 47.7 Å². The summed E-state index contributed by atoms with van der Waals surface area (Å²) in [5, 5.41) is 6.10. The number of ether oxygens (including phenoxy) is 1. The molecule has 6 nitrogen and oxygen atoms in total. The Bertz CT molecular complexity index is 701. The zero-order chi connectivity index (χ0) is 17.5. The second kappa shape index (κ2) is 8.31. The van der Waals surface area contributed by atoms with Gasteiger partial charge in [-0.15, -0.1) is 0 Å². The monoisotopic (exact) mass is 328 g/mol. The first-order valence-corrected chi connectivity index (χ1v) is 7.80. The second-order valence-electron chi connectivity index (χ2n) is 5.82. The molecule has 6 heteroatoms. The summed E-state index contributed by atoms with van der Waals surface area (Å²) in [6.07, 6.45) is 1.63. The van der Waals surface area contributed by atoms with E-state index in [2.05, 4.69) is 20.5 Å². The zero-order valence-corrected chi connectivity index (χ0v) is 14.6. The number of pyridine rings is 1. The van der Waals surface area contributed by atoms with Crippen LogP contribution >= 0.6 is 0 Å². The Morgan fingerprint density at radius 1 is 1.25 bits per heavy atom. The van der Waals surface area contributed by atoms with Crippen molar-refractivity contribution in [2.75, 3.05) is 44.9 Å². The van der Waals surface area contributed by atoms with Crippen LogP contribution in [0.4, 0.5) is 11.5 Å². The van der Waals surface area contributed by atoms with Gasteiger partial charge in [0.1, 0.15) is 11.6 Å². The van der Waals surface area contributed by atoms with Gasteiger partial charge in [-0.3, -0.25) is 4.79 Å². The van der Waals surface area contributed by atoms with Crippen LogP contribution in [-0.4, -0.2) is 50.1 Å². The van der Waals surface area contributed by atoms with Gasteiger partial charge < -0.3 is 20.3 Å². The molecule has 0 atom stereocenters. The molecular weight excluding hydrogens is 304 g/mol. The summed E-state index contributed by atoms with van der Waals surface area (Å²) in [6, 6.07) is 9.09. The maximum Gasteiger partial charge on any atom is 0.255 e. The molecule has 2 aromatic rings. The molecule has 0 fully saturated rings. The lowest BCUT2D eigenvalue weighted by molar-refractivity contribution is 0.102. The predicted octanol–water partition coefficient (Wildman–Crippen LogP) is 2.62. The third-order valence-electron chi connectivity index (χ3n) is 3.49. The number of nitrogens with zero attached hydrogens (tertiary/aromatic N) is 2. The van der Waals surface area contributed by atoms with E-state index in [0.717, 1.165) is 18.7 Å². The van der Waals surface area contributed by atoms with E-state index in [1.54, 1.807) is 25.4 Å². The van der Waals surface area contributed by atoms with Gasteiger partial charge in [0.05, 0.1) is 12.8 Å². The minimum atomic E-state index is -0.197. The lowest BCUT2D eigenvalue weighted by Gasteiger charge is -2.13. The van der Waals surface area contributed by atoms with E-state index in [1.807, 2.05) is 39.2 Å². The number of hydrogen-bond donors (Lipinski definition) is 2. The maximum atomic E-state index is 12.5. The lowest BCUT2D eigenvalue weighted by Crippen LogP contribution is -2.21. The maximum absolute atomic E-state index is 12.5. The highest BCUT2D eigenvalue weighted by Crippen LogP contribution is 2.25. The smallest absolute Gasteiger partial charge is 0.255 e. The van der Waals surface area contributed by atoms with Crippen LogP contribution in [0.5, 0.6) is 5.75 Å². The number of hydrogen-bond acceptors (Lipinski definition) is 5. The number of amides is 1. The molecule has 0 aliphatic carbocycles. The molecule has 1 aromatic heterocycles. The first-order valence-electron chi connectivity index (χ1n) is 7.80. The number of likely N-dealkylation sites (N-methyl/N-ethyl adjacent to an activating group) is 1. The number of benzene rings is 1. The average Bonchev–Trinajstić information content (AvgIpc) is 2.55. The van der Waals surface area contributed by atoms with Crippen LogP contribution in [0.2, 0.25) is 0 Å². The van der Waals surface area contributed by atoms with E-state index in [4.69, 9.17) is 4.74 Å². The standard InChI is InChI=1S/C18H24N4O2/c1-13-5-6-16(24-4)15(11-13)21-18(23)14-7-8-19-17(12-14)20-9-10-22(2)3/h5-8,11-12H,9-10H2,1-4H3,(H,19,20)(H,21,23). The quantitative estimate of drug-likeness (QED) is 0.818. The van der Waals surface area contributed by atoms with Crippen molar-refractivity contribution in [1.82, 2.24) is 9.88 Å². The summed E-state index contributed by atoms with van der Waals surface area (Å²) in [7, 11) is 5.60. The highest BCUT2D eigenvalue weighted by Gasteiger charge is 2.11. The summed E-state index contributed by atoms with van der Waals surface area (Å²) < 4.78 is 5.29. The number of anilines is 2. The van der Waals surface area contributed by atoms with Crippen molar-refractivity contribution in [2.45, 2.75) is 6.92 Å². The zero-order valence-electron chi connectivity index (χ0n) is 14.6. The van der Waals surface area contributed by atoms with Gasteiger partial charge >= 0.3 is 0 Å². The van der Waals surface area contributed by atoms with Gasteiger partial charge in [0.25, 0.3) is 5.91 Å². The minimum Gasteiger partial charge on any atom is -0.495 e. The molecule has 1 amide bonds. The molecule has 2 N–H and O–H groups in total. The fourth-order valence-corrected chi connectivity index (χ4v) is 2.19. The SMILES string of the molecule is COc1ccc(C)cc1NC(=O)c1ccnc(NCCN(C)C)c1. The third-order valence-corrected chi connectivity index (χ3v) is 3.49. The Hall–Kier alpha value is -2.60. The number of methoxy groups -OCH3 is 1. The second-order valence-corrected chi connectivity index (χ2v) is 5.82.